The Kier molecular flexibility index (Phi) is 3.73. The van der Waals surface area contributed by atoms with Crippen LogP contribution >= 0.6 is 0 Å². The van der Waals surface area contributed by atoms with Gasteiger partial charge in [0.2, 0.25) is 0 Å². The molecule has 3 rings (SSSR count). The Morgan fingerprint density at radius 2 is 1.83 bits per heavy atom. The van der Waals surface area contributed by atoms with Crippen LogP contribution in [-0.2, 0) is 7.05 Å². The van der Waals surface area contributed by atoms with Crippen molar-refractivity contribution < 1.29 is 5.11 Å². The number of nitrogens with zero attached hydrogens (tertiary/aromatic N) is 2. The lowest BCUT2D eigenvalue weighted by atomic mass is 9.95. The zero-order chi connectivity index (χ0) is 16.6. The molecule has 1 atom stereocenters. The van der Waals surface area contributed by atoms with Crippen molar-refractivity contribution in [2.75, 3.05) is 0 Å². The summed E-state index contributed by atoms with van der Waals surface area (Å²) in [4.78, 5) is 12.5. The summed E-state index contributed by atoms with van der Waals surface area (Å²) in [6.45, 7) is 1.68. The van der Waals surface area contributed by atoms with Gasteiger partial charge in [-0.05, 0) is 35.6 Å². The maximum Gasteiger partial charge on any atom is 0.259 e. The lowest BCUT2D eigenvalue weighted by molar-refractivity contribution is 0.199. The molecule has 0 saturated heterocycles. The number of aromatic nitrogens is 1. The molecule has 0 spiro atoms. The molecule has 114 valence electrons. The second-order valence-electron chi connectivity index (χ2n) is 5.55. The van der Waals surface area contributed by atoms with E-state index in [2.05, 4.69) is 6.07 Å². The fourth-order valence-electron chi connectivity index (χ4n) is 2.82. The molecule has 1 N–H and O–H groups in total. The van der Waals surface area contributed by atoms with E-state index < -0.39 is 6.10 Å². The maximum absolute atomic E-state index is 12.5. The van der Waals surface area contributed by atoms with Gasteiger partial charge in [0, 0.05) is 18.0 Å². The van der Waals surface area contributed by atoms with Crippen LogP contribution < -0.4 is 5.56 Å². The van der Waals surface area contributed by atoms with Gasteiger partial charge in [0.15, 0.2) is 0 Å². The highest BCUT2D eigenvalue weighted by Gasteiger charge is 2.17. The molecule has 0 fully saturated rings. The first-order valence-electron chi connectivity index (χ1n) is 7.35. The van der Waals surface area contributed by atoms with E-state index in [-0.39, 0.29) is 5.56 Å². The fraction of sp³-hybridized carbons (Fsp3) is 0.158. The van der Waals surface area contributed by atoms with Gasteiger partial charge in [-0.25, -0.2) is 0 Å². The van der Waals surface area contributed by atoms with Crippen LogP contribution in [0.4, 0.5) is 0 Å². The first-order valence-corrected chi connectivity index (χ1v) is 7.35. The topological polar surface area (TPSA) is 66.0 Å². The van der Waals surface area contributed by atoms with Crippen molar-refractivity contribution in [3.05, 3.63) is 70.1 Å². The number of benzene rings is 2. The summed E-state index contributed by atoms with van der Waals surface area (Å²) in [5.74, 6) is 0. The molecule has 2 aromatic carbocycles. The average molecular weight is 304 g/mol. The second kappa shape index (κ2) is 5.71. The highest BCUT2D eigenvalue weighted by Crippen LogP contribution is 2.31. The molecule has 0 aliphatic heterocycles. The fourth-order valence-corrected chi connectivity index (χ4v) is 2.82. The molecular formula is C19H16N2O2. The van der Waals surface area contributed by atoms with Crippen LogP contribution in [0.2, 0.25) is 0 Å². The van der Waals surface area contributed by atoms with Gasteiger partial charge in [0.1, 0.15) is 11.8 Å². The largest absolute Gasteiger partial charge is 0.389 e. The van der Waals surface area contributed by atoms with Crippen LogP contribution in [-0.4, -0.2) is 9.67 Å². The Hall–Kier alpha value is -2.90. The zero-order valence-corrected chi connectivity index (χ0v) is 12.9. The van der Waals surface area contributed by atoms with Gasteiger partial charge < -0.3 is 9.67 Å². The lowest BCUT2D eigenvalue weighted by Crippen LogP contribution is -2.20. The van der Waals surface area contributed by atoms with Gasteiger partial charge in [0.25, 0.3) is 5.56 Å². The third-order valence-corrected chi connectivity index (χ3v) is 4.07. The molecular weight excluding hydrogens is 288 g/mol. The minimum atomic E-state index is -0.641. The molecule has 4 heteroatoms. The second-order valence-corrected chi connectivity index (χ2v) is 5.55. The minimum Gasteiger partial charge on any atom is -0.389 e. The van der Waals surface area contributed by atoms with Crippen LogP contribution in [0.5, 0.6) is 0 Å². The molecule has 4 nitrogen and oxygen atoms in total. The quantitative estimate of drug-likeness (QED) is 0.791. The number of aliphatic hydroxyl groups excluding tert-OH is 1. The lowest BCUT2D eigenvalue weighted by Gasteiger charge is -2.14. The van der Waals surface area contributed by atoms with Crippen LogP contribution in [0.3, 0.4) is 0 Å². The molecule has 0 aliphatic carbocycles. The highest BCUT2D eigenvalue weighted by atomic mass is 16.3. The third-order valence-electron chi connectivity index (χ3n) is 4.07. The Labute approximate surface area is 133 Å². The standard InChI is InChI=1S/C19H16N2O2/c1-12(22)14-8-9-15-16(10-14)18(13-6-4-3-5-7-13)17(11-20)21(2)19(15)23/h3-10,12,22H,1-2H3. The molecule has 0 saturated carbocycles. The zero-order valence-electron chi connectivity index (χ0n) is 12.9. The summed E-state index contributed by atoms with van der Waals surface area (Å²) in [6.07, 6.45) is -0.641. The summed E-state index contributed by atoms with van der Waals surface area (Å²) in [5, 5.41) is 20.6. The molecule has 0 radical (unpaired) electrons. The van der Waals surface area contributed by atoms with Crippen molar-refractivity contribution in [2.45, 2.75) is 13.0 Å². The molecule has 1 heterocycles. The summed E-state index contributed by atoms with van der Waals surface area (Å²) >= 11 is 0. The van der Waals surface area contributed by atoms with Crippen molar-refractivity contribution in [3.8, 4) is 17.2 Å². The normalized spacial score (nSPS) is 12.1. The van der Waals surface area contributed by atoms with E-state index in [1.165, 1.54) is 4.57 Å². The number of rotatable bonds is 2. The Balaban J connectivity index is 2.53. The molecule has 23 heavy (non-hydrogen) atoms. The molecule has 1 unspecified atom stereocenters. The summed E-state index contributed by atoms with van der Waals surface area (Å²) < 4.78 is 1.38. The van der Waals surface area contributed by atoms with Crippen molar-refractivity contribution in [1.29, 1.82) is 5.26 Å². The molecule has 0 bridgehead atoms. The monoisotopic (exact) mass is 304 g/mol. The Morgan fingerprint density at radius 3 is 2.43 bits per heavy atom. The smallest absolute Gasteiger partial charge is 0.259 e. The van der Waals surface area contributed by atoms with Crippen molar-refractivity contribution in [1.82, 2.24) is 4.57 Å². The first kappa shape index (κ1) is 15.0. The minimum absolute atomic E-state index is 0.214. The van der Waals surface area contributed by atoms with E-state index in [0.29, 0.717) is 27.6 Å². The molecule has 3 aromatic rings. The van der Waals surface area contributed by atoms with Crippen molar-refractivity contribution in [3.63, 3.8) is 0 Å². The molecule has 0 amide bonds. The third kappa shape index (κ3) is 2.41. The van der Waals surface area contributed by atoms with E-state index in [4.69, 9.17) is 0 Å². The van der Waals surface area contributed by atoms with Gasteiger partial charge in [-0.1, -0.05) is 36.4 Å². The molecule has 0 aliphatic rings. The van der Waals surface area contributed by atoms with Crippen molar-refractivity contribution >= 4 is 10.8 Å². The van der Waals surface area contributed by atoms with Gasteiger partial charge in [-0.3, -0.25) is 4.79 Å². The van der Waals surface area contributed by atoms with Crippen LogP contribution in [0.1, 0.15) is 24.3 Å². The number of nitriles is 1. The first-order chi connectivity index (χ1) is 11.0. The number of fused-ring (bicyclic) bond motifs is 1. The van der Waals surface area contributed by atoms with Gasteiger partial charge in [-0.2, -0.15) is 5.26 Å². The number of pyridine rings is 1. The highest BCUT2D eigenvalue weighted by molar-refractivity contribution is 5.98. The van der Waals surface area contributed by atoms with Crippen LogP contribution in [0.25, 0.3) is 21.9 Å². The van der Waals surface area contributed by atoms with E-state index in [1.807, 2.05) is 30.3 Å². The van der Waals surface area contributed by atoms with Gasteiger partial charge >= 0.3 is 0 Å². The van der Waals surface area contributed by atoms with Crippen molar-refractivity contribution in [2.24, 2.45) is 7.05 Å². The number of hydrogen-bond donors (Lipinski definition) is 1. The SMILES string of the molecule is CC(O)c1ccc2c(=O)n(C)c(C#N)c(-c3ccccc3)c2c1. The Bertz CT molecular complexity index is 980. The van der Waals surface area contributed by atoms with E-state index in [1.54, 1.807) is 32.2 Å². The molecule has 1 aromatic heterocycles. The van der Waals surface area contributed by atoms with E-state index in [0.717, 1.165) is 5.56 Å². The van der Waals surface area contributed by atoms with Gasteiger partial charge in [-0.15, -0.1) is 0 Å². The summed E-state index contributed by atoms with van der Waals surface area (Å²) in [5.41, 5.74) is 2.40. The van der Waals surface area contributed by atoms with Crippen LogP contribution in [0, 0.1) is 11.3 Å². The Morgan fingerprint density at radius 1 is 1.13 bits per heavy atom. The number of aliphatic hydroxyl groups is 1. The predicted octanol–water partition coefficient (Wildman–Crippen LogP) is 3.13. The average Bonchev–Trinajstić information content (AvgIpc) is 2.58. The van der Waals surface area contributed by atoms with E-state index in [9.17, 15) is 15.2 Å². The van der Waals surface area contributed by atoms with Crippen LogP contribution in [0.15, 0.2) is 53.3 Å². The van der Waals surface area contributed by atoms with E-state index >= 15 is 0 Å². The van der Waals surface area contributed by atoms with Gasteiger partial charge in [0.05, 0.1) is 6.10 Å². The summed E-state index contributed by atoms with van der Waals surface area (Å²) in [7, 11) is 1.61. The predicted molar refractivity (Wildman–Crippen MR) is 90.0 cm³/mol. The number of hydrogen-bond acceptors (Lipinski definition) is 3. The maximum atomic E-state index is 12.5. The summed E-state index contributed by atoms with van der Waals surface area (Å²) in [6, 6.07) is 16.9.